The molecule has 2 aromatic rings. The van der Waals surface area contributed by atoms with E-state index < -0.39 is 0 Å². The van der Waals surface area contributed by atoms with Crippen molar-refractivity contribution in [1.29, 1.82) is 0 Å². The van der Waals surface area contributed by atoms with Gasteiger partial charge in [0.2, 0.25) is 11.8 Å². The van der Waals surface area contributed by atoms with Gasteiger partial charge >= 0.3 is 0 Å². The fourth-order valence-corrected chi connectivity index (χ4v) is 4.11. The molecule has 1 aliphatic heterocycles. The highest BCUT2D eigenvalue weighted by molar-refractivity contribution is 7.13. The Morgan fingerprint density at radius 3 is 2.80 bits per heavy atom. The van der Waals surface area contributed by atoms with Crippen LogP contribution in [-0.4, -0.2) is 28.2 Å². The minimum Gasteiger partial charge on any atom is -0.335 e. The largest absolute Gasteiger partial charge is 0.335 e. The van der Waals surface area contributed by atoms with Crippen molar-refractivity contribution in [2.24, 2.45) is 5.92 Å². The number of hydrogen-bond acceptors (Lipinski definition) is 4. The van der Waals surface area contributed by atoms with Gasteiger partial charge in [-0.15, -0.1) is 11.3 Å². The number of carbonyl (C=O) groups excluding carboxylic acids is 2. The molecule has 1 aromatic carbocycles. The van der Waals surface area contributed by atoms with Crippen molar-refractivity contribution in [3.05, 3.63) is 47.0 Å². The molecule has 1 N–H and O–H groups in total. The fourth-order valence-electron chi connectivity index (χ4n) is 3.31. The van der Waals surface area contributed by atoms with Gasteiger partial charge in [0.25, 0.3) is 0 Å². The van der Waals surface area contributed by atoms with Gasteiger partial charge in [-0.05, 0) is 25.3 Å². The van der Waals surface area contributed by atoms with Crippen LogP contribution < -0.4 is 5.32 Å². The number of hydrogen-bond donors (Lipinski definition) is 1. The number of amides is 2. The number of anilines is 1. The summed E-state index contributed by atoms with van der Waals surface area (Å²) in [6.45, 7) is 2.47. The van der Waals surface area contributed by atoms with E-state index in [1.165, 1.54) is 24.2 Å². The first-order valence-electron chi connectivity index (χ1n) is 8.72. The summed E-state index contributed by atoms with van der Waals surface area (Å²) in [5, 5.41) is 5.57. The Balaban J connectivity index is 1.39. The van der Waals surface area contributed by atoms with Gasteiger partial charge in [0.1, 0.15) is 0 Å². The van der Waals surface area contributed by atoms with Gasteiger partial charge in [-0.2, -0.15) is 0 Å². The van der Waals surface area contributed by atoms with Gasteiger partial charge in [-0.3, -0.25) is 9.59 Å². The third kappa shape index (κ3) is 3.44. The van der Waals surface area contributed by atoms with E-state index >= 15 is 0 Å². The molecule has 1 saturated carbocycles. The van der Waals surface area contributed by atoms with Crippen molar-refractivity contribution < 1.29 is 9.59 Å². The molecule has 2 heterocycles. The molecule has 1 aromatic heterocycles. The number of likely N-dealkylation sites (tertiary alicyclic amines) is 1. The van der Waals surface area contributed by atoms with Crippen LogP contribution in [0, 0.1) is 5.92 Å². The molecule has 0 bridgehead atoms. The third-order valence-electron chi connectivity index (χ3n) is 5.03. The molecule has 2 atom stereocenters. The van der Waals surface area contributed by atoms with E-state index in [-0.39, 0.29) is 30.2 Å². The van der Waals surface area contributed by atoms with Gasteiger partial charge < -0.3 is 10.2 Å². The monoisotopic (exact) mass is 355 g/mol. The second-order valence-electron chi connectivity index (χ2n) is 6.87. The number of carbonyl (C=O) groups is 2. The molecule has 2 amide bonds. The predicted molar refractivity (Wildman–Crippen MR) is 97.4 cm³/mol. The van der Waals surface area contributed by atoms with Crippen LogP contribution >= 0.6 is 11.3 Å². The lowest BCUT2D eigenvalue weighted by Crippen LogP contribution is -2.30. The average Bonchev–Trinajstić information content (AvgIpc) is 3.25. The van der Waals surface area contributed by atoms with Gasteiger partial charge in [0, 0.05) is 24.3 Å². The van der Waals surface area contributed by atoms with Crippen molar-refractivity contribution in [3.63, 3.8) is 0 Å². The zero-order valence-corrected chi connectivity index (χ0v) is 15.0. The van der Waals surface area contributed by atoms with Crippen LogP contribution in [0.1, 0.15) is 49.4 Å². The molecular formula is C19H21N3O2S. The number of benzene rings is 1. The number of thiazole rings is 1. The highest BCUT2D eigenvalue weighted by Gasteiger charge is 2.37. The quantitative estimate of drug-likeness (QED) is 0.892. The summed E-state index contributed by atoms with van der Waals surface area (Å²) in [4.78, 5) is 31.2. The second kappa shape index (κ2) is 6.59. The Labute approximate surface area is 151 Å². The molecule has 4 rings (SSSR count). The highest BCUT2D eigenvalue weighted by atomic mass is 32.1. The van der Waals surface area contributed by atoms with Gasteiger partial charge in [0.05, 0.1) is 17.7 Å². The fraction of sp³-hybridized carbons (Fsp3) is 0.421. The molecule has 1 saturated heterocycles. The van der Waals surface area contributed by atoms with E-state index in [1.807, 2.05) is 42.6 Å². The van der Waals surface area contributed by atoms with Crippen LogP contribution in [-0.2, 0) is 9.59 Å². The smallest absolute Gasteiger partial charge is 0.231 e. The summed E-state index contributed by atoms with van der Waals surface area (Å²) in [5.74, 6) is 0.200. The minimum absolute atomic E-state index is 0.0205. The van der Waals surface area contributed by atoms with E-state index in [1.54, 1.807) is 4.90 Å². The van der Waals surface area contributed by atoms with E-state index in [4.69, 9.17) is 0 Å². The topological polar surface area (TPSA) is 62.3 Å². The molecule has 130 valence electrons. The maximum Gasteiger partial charge on any atom is 0.231 e. The standard InChI is InChI=1S/C19H21N3O2S/c1-12(13-5-3-2-4-6-13)22-10-15(9-17(22)23)18(24)21-19-20-16(11-25-19)14-7-8-14/h2-6,11-12,14-15H,7-10H2,1H3,(H,20,21,24)/t12-,15-/m0/s1. The van der Waals surface area contributed by atoms with Gasteiger partial charge in [-0.1, -0.05) is 30.3 Å². The number of nitrogens with zero attached hydrogens (tertiary/aromatic N) is 2. The molecule has 2 fully saturated rings. The summed E-state index contributed by atoms with van der Waals surface area (Å²) in [7, 11) is 0. The molecule has 1 aliphatic carbocycles. The molecular weight excluding hydrogens is 334 g/mol. The Kier molecular flexibility index (Phi) is 4.29. The van der Waals surface area contributed by atoms with Crippen molar-refractivity contribution in [2.75, 3.05) is 11.9 Å². The lowest BCUT2D eigenvalue weighted by Gasteiger charge is -2.25. The summed E-state index contributed by atoms with van der Waals surface area (Å²) >= 11 is 1.47. The van der Waals surface area contributed by atoms with Crippen LogP contribution in [0.15, 0.2) is 35.7 Å². The van der Waals surface area contributed by atoms with Crippen molar-refractivity contribution in [2.45, 2.75) is 38.1 Å². The van der Waals surface area contributed by atoms with Crippen LogP contribution in [0.4, 0.5) is 5.13 Å². The van der Waals surface area contributed by atoms with Crippen molar-refractivity contribution in [1.82, 2.24) is 9.88 Å². The lowest BCUT2D eigenvalue weighted by atomic mass is 10.1. The summed E-state index contributed by atoms with van der Waals surface area (Å²) in [6, 6.07) is 9.91. The summed E-state index contributed by atoms with van der Waals surface area (Å²) < 4.78 is 0. The van der Waals surface area contributed by atoms with Crippen molar-refractivity contribution >= 4 is 28.3 Å². The molecule has 0 radical (unpaired) electrons. The number of nitrogens with one attached hydrogen (secondary N) is 1. The molecule has 25 heavy (non-hydrogen) atoms. The summed E-state index contributed by atoms with van der Waals surface area (Å²) in [5.41, 5.74) is 2.17. The Bertz CT molecular complexity index is 785. The number of aromatic nitrogens is 1. The molecule has 5 nitrogen and oxygen atoms in total. The lowest BCUT2D eigenvalue weighted by molar-refractivity contribution is -0.129. The number of rotatable bonds is 5. The van der Waals surface area contributed by atoms with Crippen molar-refractivity contribution in [3.8, 4) is 0 Å². The first kappa shape index (κ1) is 16.3. The third-order valence-corrected chi connectivity index (χ3v) is 5.80. The zero-order chi connectivity index (χ0) is 17.4. The molecule has 2 aliphatic rings. The first-order chi connectivity index (χ1) is 12.1. The Hall–Kier alpha value is -2.21. The summed E-state index contributed by atoms with van der Waals surface area (Å²) in [6.07, 6.45) is 2.66. The van der Waals surface area contributed by atoms with Crippen LogP contribution in [0.5, 0.6) is 0 Å². The van der Waals surface area contributed by atoms with E-state index in [0.717, 1.165) is 11.3 Å². The van der Waals surface area contributed by atoms with Gasteiger partial charge in [0.15, 0.2) is 5.13 Å². The Morgan fingerprint density at radius 1 is 1.32 bits per heavy atom. The molecule has 0 spiro atoms. The van der Waals surface area contributed by atoms with Crippen LogP contribution in [0.3, 0.4) is 0 Å². The SMILES string of the molecule is C[C@@H](c1ccccc1)N1C[C@@H](C(=O)Nc2nc(C3CC3)cs2)CC1=O. The predicted octanol–water partition coefficient (Wildman–Crippen LogP) is 3.57. The van der Waals surface area contributed by atoms with E-state index in [2.05, 4.69) is 10.3 Å². The molecule has 6 heteroatoms. The van der Waals surface area contributed by atoms with Gasteiger partial charge in [-0.25, -0.2) is 4.98 Å². The zero-order valence-electron chi connectivity index (χ0n) is 14.1. The Morgan fingerprint density at radius 2 is 2.08 bits per heavy atom. The average molecular weight is 355 g/mol. The second-order valence-corrected chi connectivity index (χ2v) is 7.73. The van der Waals surface area contributed by atoms with E-state index in [9.17, 15) is 9.59 Å². The normalized spacial score (nSPS) is 21.4. The van der Waals surface area contributed by atoms with Crippen LogP contribution in [0.25, 0.3) is 0 Å². The maximum atomic E-state index is 12.5. The van der Waals surface area contributed by atoms with E-state index in [0.29, 0.717) is 17.6 Å². The maximum absolute atomic E-state index is 12.5. The molecule has 0 unspecified atom stereocenters. The minimum atomic E-state index is -0.313. The van der Waals surface area contributed by atoms with Crippen LogP contribution in [0.2, 0.25) is 0 Å². The highest BCUT2D eigenvalue weighted by Crippen LogP contribution is 2.41. The first-order valence-corrected chi connectivity index (χ1v) is 9.60.